The molecule has 0 aromatic carbocycles. The maximum atomic E-state index is 13.3. The molecule has 1 aliphatic carbocycles. The van der Waals surface area contributed by atoms with Gasteiger partial charge in [-0.25, -0.2) is 4.39 Å². The van der Waals surface area contributed by atoms with Gasteiger partial charge in [0.25, 0.3) is 5.91 Å². The van der Waals surface area contributed by atoms with E-state index < -0.39 is 5.82 Å². The highest BCUT2D eigenvalue weighted by molar-refractivity contribution is 5.94. The van der Waals surface area contributed by atoms with Crippen molar-refractivity contribution in [1.82, 2.24) is 9.88 Å². The summed E-state index contributed by atoms with van der Waals surface area (Å²) in [5.41, 5.74) is 5.92. The summed E-state index contributed by atoms with van der Waals surface area (Å²) in [6, 6.07) is 1.51. The van der Waals surface area contributed by atoms with Crippen LogP contribution in [0.4, 0.5) is 4.39 Å². The van der Waals surface area contributed by atoms with Crippen LogP contribution in [0.15, 0.2) is 18.5 Å². The molecule has 5 heteroatoms. The van der Waals surface area contributed by atoms with Gasteiger partial charge in [0.15, 0.2) is 0 Å². The largest absolute Gasteiger partial charge is 0.336 e. The number of carbonyl (C=O) groups is 1. The molecule has 0 bridgehead atoms. The van der Waals surface area contributed by atoms with Crippen LogP contribution < -0.4 is 5.73 Å². The fourth-order valence-corrected chi connectivity index (χ4v) is 2.98. The Bertz CT molecular complexity index is 459. The van der Waals surface area contributed by atoms with E-state index in [2.05, 4.69) is 4.98 Å². The highest BCUT2D eigenvalue weighted by atomic mass is 19.1. The van der Waals surface area contributed by atoms with E-state index in [0.717, 1.165) is 38.3 Å². The molecule has 0 spiro atoms. The molecule has 0 aliphatic heterocycles. The molecule has 21 heavy (non-hydrogen) atoms. The fraction of sp³-hybridized carbons (Fsp3) is 0.625. The van der Waals surface area contributed by atoms with Crippen molar-refractivity contribution < 1.29 is 9.18 Å². The Hall–Kier alpha value is -1.49. The van der Waals surface area contributed by atoms with Crippen molar-refractivity contribution in [2.45, 2.75) is 51.0 Å². The van der Waals surface area contributed by atoms with E-state index >= 15 is 0 Å². The molecule has 116 valence electrons. The van der Waals surface area contributed by atoms with Crippen molar-refractivity contribution in [3.05, 3.63) is 29.8 Å². The summed E-state index contributed by atoms with van der Waals surface area (Å²) in [5.74, 6) is -0.595. The van der Waals surface area contributed by atoms with Gasteiger partial charge in [-0.15, -0.1) is 0 Å². The Balaban J connectivity index is 2.15. The van der Waals surface area contributed by atoms with E-state index in [0.29, 0.717) is 18.7 Å². The van der Waals surface area contributed by atoms with Crippen molar-refractivity contribution in [1.29, 1.82) is 0 Å². The molecule has 0 radical (unpaired) electrons. The Morgan fingerprint density at radius 3 is 2.62 bits per heavy atom. The normalized spacial score (nSPS) is 16.5. The number of hydrogen-bond acceptors (Lipinski definition) is 3. The number of rotatable bonds is 5. The summed E-state index contributed by atoms with van der Waals surface area (Å²) in [6.45, 7) is 1.19. The van der Waals surface area contributed by atoms with Gasteiger partial charge in [0.2, 0.25) is 0 Å². The number of pyridine rings is 1. The van der Waals surface area contributed by atoms with Crippen molar-refractivity contribution in [3.63, 3.8) is 0 Å². The second kappa shape index (κ2) is 8.08. The van der Waals surface area contributed by atoms with E-state index in [9.17, 15) is 9.18 Å². The zero-order chi connectivity index (χ0) is 15.1. The van der Waals surface area contributed by atoms with Gasteiger partial charge in [-0.1, -0.05) is 25.7 Å². The molecule has 1 heterocycles. The van der Waals surface area contributed by atoms with Gasteiger partial charge >= 0.3 is 0 Å². The Kier molecular flexibility index (Phi) is 6.11. The van der Waals surface area contributed by atoms with Crippen LogP contribution in [0.5, 0.6) is 0 Å². The number of nitrogens with two attached hydrogens (primary N) is 1. The van der Waals surface area contributed by atoms with Crippen LogP contribution in [0.2, 0.25) is 0 Å². The molecule has 0 atom stereocenters. The summed E-state index contributed by atoms with van der Waals surface area (Å²) >= 11 is 0. The molecule has 1 fully saturated rings. The molecule has 1 aromatic heterocycles. The predicted octanol–water partition coefficient (Wildman–Crippen LogP) is 2.73. The van der Waals surface area contributed by atoms with Crippen LogP contribution in [-0.4, -0.2) is 34.9 Å². The van der Waals surface area contributed by atoms with Crippen LogP contribution in [-0.2, 0) is 0 Å². The lowest BCUT2D eigenvalue weighted by Crippen LogP contribution is -2.41. The quantitative estimate of drug-likeness (QED) is 0.849. The fourth-order valence-electron chi connectivity index (χ4n) is 2.98. The molecule has 0 saturated heterocycles. The van der Waals surface area contributed by atoms with Crippen molar-refractivity contribution in [2.75, 3.05) is 13.1 Å². The van der Waals surface area contributed by atoms with Crippen LogP contribution in [0.3, 0.4) is 0 Å². The van der Waals surface area contributed by atoms with E-state index in [1.165, 1.54) is 25.1 Å². The Morgan fingerprint density at radius 2 is 2.00 bits per heavy atom. The third-order valence-electron chi connectivity index (χ3n) is 4.08. The van der Waals surface area contributed by atoms with Gasteiger partial charge in [-0.2, -0.15) is 0 Å². The maximum Gasteiger partial charge on any atom is 0.255 e. The minimum atomic E-state index is -0.472. The number of nitrogens with zero attached hydrogens (tertiary/aromatic N) is 2. The lowest BCUT2D eigenvalue weighted by molar-refractivity contribution is 0.0658. The smallest absolute Gasteiger partial charge is 0.255 e. The first-order valence-corrected chi connectivity index (χ1v) is 7.84. The highest BCUT2D eigenvalue weighted by Crippen LogP contribution is 2.23. The molecule has 2 N–H and O–H groups in total. The van der Waals surface area contributed by atoms with Crippen LogP contribution in [0.25, 0.3) is 0 Å². The maximum absolute atomic E-state index is 13.3. The third kappa shape index (κ3) is 4.49. The standard InChI is InChI=1S/C16H24FN3O/c17-14-10-13(11-19-12-14)16(21)20(9-5-8-18)15-6-3-1-2-4-7-15/h10-12,15H,1-9,18H2. The Morgan fingerprint density at radius 1 is 1.29 bits per heavy atom. The average molecular weight is 293 g/mol. The lowest BCUT2D eigenvalue weighted by Gasteiger charge is -2.31. The SMILES string of the molecule is NCCCN(C(=O)c1cncc(F)c1)C1CCCCCC1. The van der Waals surface area contributed by atoms with E-state index in [-0.39, 0.29) is 11.9 Å². The predicted molar refractivity (Wildman–Crippen MR) is 80.4 cm³/mol. The molecule has 4 nitrogen and oxygen atoms in total. The van der Waals surface area contributed by atoms with Gasteiger partial charge in [0, 0.05) is 18.8 Å². The van der Waals surface area contributed by atoms with Crippen molar-refractivity contribution in [3.8, 4) is 0 Å². The molecule has 1 aromatic rings. The highest BCUT2D eigenvalue weighted by Gasteiger charge is 2.25. The van der Waals surface area contributed by atoms with Crippen LogP contribution in [0.1, 0.15) is 55.3 Å². The van der Waals surface area contributed by atoms with Gasteiger partial charge in [0.1, 0.15) is 5.82 Å². The summed E-state index contributed by atoms with van der Waals surface area (Å²) in [4.78, 5) is 18.4. The second-order valence-electron chi connectivity index (χ2n) is 5.68. The van der Waals surface area contributed by atoms with Gasteiger partial charge in [-0.3, -0.25) is 9.78 Å². The number of carbonyl (C=O) groups excluding carboxylic acids is 1. The first kappa shape index (κ1) is 15.9. The minimum Gasteiger partial charge on any atom is -0.336 e. The minimum absolute atomic E-state index is 0.123. The van der Waals surface area contributed by atoms with Gasteiger partial charge in [-0.05, 0) is 31.9 Å². The number of aromatic nitrogens is 1. The first-order valence-electron chi connectivity index (χ1n) is 7.84. The van der Waals surface area contributed by atoms with E-state index in [1.54, 1.807) is 0 Å². The van der Waals surface area contributed by atoms with Gasteiger partial charge < -0.3 is 10.6 Å². The third-order valence-corrected chi connectivity index (χ3v) is 4.08. The molecule has 1 saturated carbocycles. The summed E-state index contributed by atoms with van der Waals surface area (Å²) in [6.07, 6.45) is 10.2. The second-order valence-corrected chi connectivity index (χ2v) is 5.68. The van der Waals surface area contributed by atoms with Crippen molar-refractivity contribution >= 4 is 5.91 Å². The number of amides is 1. The summed E-state index contributed by atoms with van der Waals surface area (Å²) in [5, 5.41) is 0. The summed E-state index contributed by atoms with van der Waals surface area (Å²) in [7, 11) is 0. The van der Waals surface area contributed by atoms with E-state index in [4.69, 9.17) is 5.73 Å². The molecular formula is C16H24FN3O. The zero-order valence-corrected chi connectivity index (χ0v) is 12.4. The number of hydrogen-bond donors (Lipinski definition) is 1. The van der Waals surface area contributed by atoms with Crippen molar-refractivity contribution in [2.24, 2.45) is 5.73 Å². The monoisotopic (exact) mass is 293 g/mol. The van der Waals surface area contributed by atoms with E-state index in [1.807, 2.05) is 4.90 Å². The molecule has 1 amide bonds. The topological polar surface area (TPSA) is 59.2 Å². The summed E-state index contributed by atoms with van der Waals surface area (Å²) < 4.78 is 13.3. The average Bonchev–Trinajstić information content (AvgIpc) is 2.77. The molecule has 2 rings (SSSR count). The number of halogens is 1. The first-order chi connectivity index (χ1) is 10.2. The Labute approximate surface area is 125 Å². The molecular weight excluding hydrogens is 269 g/mol. The lowest BCUT2D eigenvalue weighted by atomic mass is 10.1. The van der Waals surface area contributed by atoms with Crippen LogP contribution >= 0.6 is 0 Å². The van der Waals surface area contributed by atoms with Gasteiger partial charge in [0.05, 0.1) is 11.8 Å². The van der Waals surface area contributed by atoms with Crippen LogP contribution in [0, 0.1) is 5.82 Å². The zero-order valence-electron chi connectivity index (χ0n) is 12.4. The molecule has 1 aliphatic rings. The molecule has 0 unspecified atom stereocenters.